The Bertz CT molecular complexity index is 676. The van der Waals surface area contributed by atoms with Gasteiger partial charge in [0.1, 0.15) is 0 Å². The first-order valence-corrected chi connectivity index (χ1v) is 7.05. The van der Waals surface area contributed by atoms with Gasteiger partial charge in [-0.3, -0.25) is 4.79 Å². The molecule has 0 saturated heterocycles. The lowest BCUT2D eigenvalue weighted by Gasteiger charge is -2.16. The molecule has 0 radical (unpaired) electrons. The van der Waals surface area contributed by atoms with E-state index in [4.69, 9.17) is 16.3 Å². The molecule has 1 aromatic carbocycles. The van der Waals surface area contributed by atoms with E-state index >= 15 is 0 Å². The monoisotopic (exact) mass is 326 g/mol. The van der Waals surface area contributed by atoms with Crippen LogP contribution in [0, 0.1) is 11.8 Å². The van der Waals surface area contributed by atoms with Crippen molar-refractivity contribution < 1.29 is 28.2 Å². The van der Waals surface area contributed by atoms with Gasteiger partial charge in [-0.2, -0.15) is 0 Å². The van der Waals surface area contributed by atoms with E-state index in [0.717, 1.165) is 7.11 Å². The van der Waals surface area contributed by atoms with Crippen LogP contribution in [0.3, 0.4) is 0 Å². The summed E-state index contributed by atoms with van der Waals surface area (Å²) >= 11 is 5.78. The zero-order chi connectivity index (χ0) is 16.1. The van der Waals surface area contributed by atoms with Gasteiger partial charge in [0.2, 0.25) is 5.67 Å². The summed E-state index contributed by atoms with van der Waals surface area (Å²) in [6.07, 6.45) is -1.04. The highest BCUT2D eigenvalue weighted by Gasteiger charge is 2.80. The second kappa shape index (κ2) is 5.05. The Labute approximate surface area is 130 Å². The third-order valence-corrected chi connectivity index (χ3v) is 4.42. The van der Waals surface area contributed by atoms with Gasteiger partial charge in [0, 0.05) is 10.9 Å². The highest BCUT2D eigenvalue weighted by molar-refractivity contribution is 6.30. The van der Waals surface area contributed by atoms with Crippen molar-refractivity contribution in [3.8, 4) is 0 Å². The minimum absolute atomic E-state index is 0.0125. The second-order valence-corrected chi connectivity index (χ2v) is 5.82. The van der Waals surface area contributed by atoms with Crippen molar-refractivity contribution in [2.75, 3.05) is 7.11 Å². The first-order chi connectivity index (χ1) is 10.4. The molecule has 5 nitrogen and oxygen atoms in total. The third-order valence-electron chi connectivity index (χ3n) is 4.19. The summed E-state index contributed by atoms with van der Waals surface area (Å²) in [6.45, 7) is 0. The van der Waals surface area contributed by atoms with Crippen LogP contribution in [0.4, 0.5) is 4.39 Å². The van der Waals surface area contributed by atoms with Crippen LogP contribution >= 0.6 is 11.6 Å². The van der Waals surface area contributed by atoms with E-state index in [1.54, 1.807) is 12.1 Å². The Hall–Kier alpha value is -1.95. The molecule has 2 aliphatic carbocycles. The van der Waals surface area contributed by atoms with Crippen LogP contribution in [-0.2, 0) is 19.1 Å². The molecule has 3 rings (SSSR count). The van der Waals surface area contributed by atoms with E-state index in [9.17, 15) is 18.8 Å². The fourth-order valence-electron chi connectivity index (χ4n) is 3.04. The molecular weight excluding hydrogens is 315 g/mol. The van der Waals surface area contributed by atoms with Gasteiger partial charge in [-0.1, -0.05) is 17.7 Å². The van der Waals surface area contributed by atoms with Crippen molar-refractivity contribution >= 4 is 29.3 Å². The number of benzene rings is 1. The highest BCUT2D eigenvalue weighted by atomic mass is 35.5. The Morgan fingerprint density at radius 2 is 2.14 bits per heavy atom. The summed E-state index contributed by atoms with van der Waals surface area (Å²) in [5, 5.41) is 0.364. The highest BCUT2D eigenvalue weighted by Crippen LogP contribution is 2.62. The number of rotatable bonds is 3. The molecule has 1 aromatic rings. The van der Waals surface area contributed by atoms with Crippen molar-refractivity contribution in [1.82, 2.24) is 0 Å². The van der Waals surface area contributed by atoms with Gasteiger partial charge >= 0.3 is 11.9 Å². The topological polar surface area (TPSA) is 69.7 Å². The molecule has 2 saturated carbocycles. The fourth-order valence-corrected chi connectivity index (χ4v) is 3.23. The van der Waals surface area contributed by atoms with Crippen LogP contribution in [0.15, 0.2) is 24.3 Å². The molecule has 0 aromatic heterocycles. The number of hydrogen-bond acceptors (Lipinski definition) is 5. The predicted octanol–water partition coefficient (Wildman–Crippen LogP) is 1.97. The molecule has 2 fully saturated rings. The molecule has 2 aliphatic rings. The standard InChI is InChI=1S/C15H12ClFO5/c1-21-14(20)15(17)9-6-10(12(18)11(9)15)22-13(19)7-3-2-4-8(16)5-7/h2-5,9-11H,6H2,1H3. The fraction of sp³-hybridized carbons (Fsp3) is 0.400. The number of carbonyl (C=O) groups is 3. The molecule has 7 heteroatoms. The summed E-state index contributed by atoms with van der Waals surface area (Å²) in [5.74, 6) is -4.17. The van der Waals surface area contributed by atoms with Crippen molar-refractivity contribution in [2.45, 2.75) is 18.2 Å². The third kappa shape index (κ3) is 2.09. The first kappa shape index (κ1) is 15.0. The average Bonchev–Trinajstić information content (AvgIpc) is 2.94. The number of ether oxygens (including phenoxy) is 2. The Kier molecular flexibility index (Phi) is 3.44. The maximum Gasteiger partial charge on any atom is 0.344 e. The Morgan fingerprint density at radius 3 is 2.68 bits per heavy atom. The predicted molar refractivity (Wildman–Crippen MR) is 73.1 cm³/mol. The minimum atomic E-state index is -2.26. The lowest BCUT2D eigenvalue weighted by molar-refractivity contribution is -0.152. The summed E-state index contributed by atoms with van der Waals surface area (Å²) in [5.41, 5.74) is -2.05. The molecule has 0 spiro atoms. The number of carbonyl (C=O) groups excluding carboxylic acids is 3. The maximum absolute atomic E-state index is 14.3. The number of fused-ring (bicyclic) bond motifs is 1. The zero-order valence-electron chi connectivity index (χ0n) is 11.5. The van der Waals surface area contributed by atoms with Crippen molar-refractivity contribution in [1.29, 1.82) is 0 Å². The van der Waals surface area contributed by atoms with Gasteiger partial charge in [-0.25, -0.2) is 14.0 Å². The van der Waals surface area contributed by atoms with E-state index in [1.165, 1.54) is 12.1 Å². The summed E-state index contributed by atoms with van der Waals surface area (Å²) in [4.78, 5) is 35.4. The Balaban J connectivity index is 1.67. The largest absolute Gasteiger partial charge is 0.467 e. The number of methoxy groups -OCH3 is 1. The normalized spacial score (nSPS) is 32.3. The van der Waals surface area contributed by atoms with Gasteiger partial charge in [-0.15, -0.1) is 0 Å². The molecule has 0 N–H and O–H groups in total. The van der Waals surface area contributed by atoms with Crippen molar-refractivity contribution in [3.05, 3.63) is 34.9 Å². The molecular formula is C15H12ClFO5. The zero-order valence-corrected chi connectivity index (χ0v) is 12.3. The second-order valence-electron chi connectivity index (χ2n) is 5.39. The van der Waals surface area contributed by atoms with Crippen LogP contribution < -0.4 is 0 Å². The van der Waals surface area contributed by atoms with Crippen LogP contribution in [0.25, 0.3) is 0 Å². The van der Waals surface area contributed by atoms with Crippen LogP contribution in [0.2, 0.25) is 5.02 Å². The van der Waals surface area contributed by atoms with E-state index < -0.39 is 41.3 Å². The van der Waals surface area contributed by atoms with Crippen LogP contribution in [0.1, 0.15) is 16.8 Å². The summed E-state index contributed by atoms with van der Waals surface area (Å²) in [7, 11) is 1.07. The SMILES string of the molecule is COC(=O)C1(F)C2CC(OC(=O)c3cccc(Cl)c3)C(=O)C21. The van der Waals surface area contributed by atoms with E-state index in [0.29, 0.717) is 5.02 Å². The molecule has 22 heavy (non-hydrogen) atoms. The van der Waals surface area contributed by atoms with Gasteiger partial charge in [0.05, 0.1) is 18.6 Å². The van der Waals surface area contributed by atoms with Crippen LogP contribution in [0.5, 0.6) is 0 Å². The van der Waals surface area contributed by atoms with E-state index in [1.807, 2.05) is 0 Å². The molecule has 0 aliphatic heterocycles. The quantitative estimate of drug-likeness (QED) is 0.794. The van der Waals surface area contributed by atoms with Gasteiger partial charge in [-0.05, 0) is 24.6 Å². The molecule has 0 amide bonds. The number of ketones is 1. The van der Waals surface area contributed by atoms with E-state index in [2.05, 4.69) is 4.74 Å². The Morgan fingerprint density at radius 1 is 1.41 bits per heavy atom. The number of esters is 2. The summed E-state index contributed by atoms with van der Waals surface area (Å²) < 4.78 is 23.8. The molecule has 0 bridgehead atoms. The van der Waals surface area contributed by atoms with Crippen molar-refractivity contribution in [2.24, 2.45) is 11.8 Å². The smallest absolute Gasteiger partial charge is 0.344 e. The van der Waals surface area contributed by atoms with E-state index in [-0.39, 0.29) is 12.0 Å². The van der Waals surface area contributed by atoms with Gasteiger partial charge < -0.3 is 9.47 Å². The van der Waals surface area contributed by atoms with Gasteiger partial charge in [0.25, 0.3) is 0 Å². The van der Waals surface area contributed by atoms with Gasteiger partial charge in [0.15, 0.2) is 11.9 Å². The number of hydrogen-bond donors (Lipinski definition) is 0. The molecule has 4 atom stereocenters. The van der Waals surface area contributed by atoms with Crippen LogP contribution in [-0.4, -0.2) is 36.6 Å². The lowest BCUT2D eigenvalue weighted by atomic mass is 10.1. The number of Topliss-reactive ketones (excluding diaryl/α,β-unsaturated/α-hetero) is 1. The summed E-state index contributed by atoms with van der Waals surface area (Å²) in [6, 6.07) is 6.10. The average molecular weight is 327 g/mol. The maximum atomic E-state index is 14.3. The van der Waals surface area contributed by atoms with Crippen molar-refractivity contribution in [3.63, 3.8) is 0 Å². The lowest BCUT2D eigenvalue weighted by Crippen LogP contribution is -2.34. The number of alkyl halides is 1. The molecule has 4 unspecified atom stereocenters. The molecule has 116 valence electrons. The minimum Gasteiger partial charge on any atom is -0.467 e. The molecule has 0 heterocycles. The number of halogens is 2. The first-order valence-electron chi connectivity index (χ1n) is 6.67.